The van der Waals surface area contributed by atoms with Crippen molar-refractivity contribution in [2.45, 2.75) is 19.8 Å². The van der Waals surface area contributed by atoms with Gasteiger partial charge in [-0.15, -0.1) is 0 Å². The van der Waals surface area contributed by atoms with E-state index in [0.717, 1.165) is 11.3 Å². The molecule has 0 aliphatic carbocycles. The number of methoxy groups -OCH3 is 3. The van der Waals surface area contributed by atoms with Gasteiger partial charge in [0.1, 0.15) is 5.75 Å². The van der Waals surface area contributed by atoms with E-state index in [-0.39, 0.29) is 41.0 Å². The number of carbonyl (C=O) groups is 2. The summed E-state index contributed by atoms with van der Waals surface area (Å²) in [6.45, 7) is 1.97. The first-order valence-electron chi connectivity index (χ1n) is 8.80. The lowest BCUT2D eigenvalue weighted by atomic mass is 9.97. The summed E-state index contributed by atoms with van der Waals surface area (Å²) in [5.74, 6) is -0.0218. The van der Waals surface area contributed by atoms with Crippen molar-refractivity contribution >= 4 is 17.6 Å². The Balaban J connectivity index is 2.13. The number of para-hydroxylation sites is 1. The molecule has 0 spiro atoms. The molecule has 0 aliphatic heterocycles. The summed E-state index contributed by atoms with van der Waals surface area (Å²) in [7, 11) is 4.45. The second-order valence-corrected chi connectivity index (χ2v) is 6.44. The highest BCUT2D eigenvalue weighted by Crippen LogP contribution is 2.37. The van der Waals surface area contributed by atoms with Gasteiger partial charge in [-0.05, 0) is 36.1 Å². The number of rotatable bonds is 9. The van der Waals surface area contributed by atoms with Crippen LogP contribution >= 0.6 is 0 Å². The monoisotopic (exact) mass is 387 g/mol. The molecule has 2 aromatic carbocycles. The van der Waals surface area contributed by atoms with Crippen LogP contribution in [0.25, 0.3) is 0 Å². The molecule has 0 heterocycles. The minimum atomic E-state index is -1.12. The van der Waals surface area contributed by atoms with E-state index in [0.29, 0.717) is 6.42 Å². The standard InChI is InChI=1S/C21H25NO6/c1-13(9-14-7-5-6-8-17(14)26-2)10-19(23)22-16-11-15(21(24)25)12-18(27-3)20(16)28-4/h5-8,11-13H,9-10H2,1-4H3,(H,22,23)(H,24,25). The topological polar surface area (TPSA) is 94.1 Å². The van der Waals surface area contributed by atoms with E-state index in [1.807, 2.05) is 31.2 Å². The number of carboxylic acid groups (broad SMARTS) is 1. The van der Waals surface area contributed by atoms with Crippen molar-refractivity contribution in [3.05, 3.63) is 47.5 Å². The Morgan fingerprint density at radius 1 is 1.04 bits per heavy atom. The van der Waals surface area contributed by atoms with Gasteiger partial charge in [0.2, 0.25) is 5.91 Å². The zero-order valence-electron chi connectivity index (χ0n) is 16.4. The Kier molecular flexibility index (Phi) is 7.26. The van der Waals surface area contributed by atoms with Crippen LogP contribution in [0.2, 0.25) is 0 Å². The predicted molar refractivity (Wildman–Crippen MR) is 106 cm³/mol. The van der Waals surface area contributed by atoms with Gasteiger partial charge in [-0.1, -0.05) is 25.1 Å². The highest BCUT2D eigenvalue weighted by molar-refractivity contribution is 5.96. The number of hydrogen-bond donors (Lipinski definition) is 2. The fraction of sp³-hybridized carbons (Fsp3) is 0.333. The van der Waals surface area contributed by atoms with Crippen LogP contribution in [0.15, 0.2) is 36.4 Å². The van der Waals surface area contributed by atoms with Crippen LogP contribution < -0.4 is 19.5 Å². The largest absolute Gasteiger partial charge is 0.496 e. The lowest BCUT2D eigenvalue weighted by Gasteiger charge is -2.17. The molecule has 2 rings (SSSR count). The number of benzene rings is 2. The molecule has 2 N–H and O–H groups in total. The molecule has 1 unspecified atom stereocenters. The molecule has 0 aromatic heterocycles. The SMILES string of the molecule is COc1ccccc1CC(C)CC(=O)Nc1cc(C(=O)O)cc(OC)c1OC. The maximum Gasteiger partial charge on any atom is 0.335 e. The Bertz CT molecular complexity index is 849. The first kappa shape index (κ1) is 21.1. The van der Waals surface area contributed by atoms with Crippen LogP contribution in [0.5, 0.6) is 17.2 Å². The third kappa shape index (κ3) is 5.16. The zero-order chi connectivity index (χ0) is 20.7. The molecule has 7 heteroatoms. The van der Waals surface area contributed by atoms with Crippen LogP contribution in [0.4, 0.5) is 5.69 Å². The number of carboxylic acids is 1. The summed E-state index contributed by atoms with van der Waals surface area (Å²) in [4.78, 5) is 23.9. The number of nitrogens with one attached hydrogen (secondary N) is 1. The summed E-state index contributed by atoms with van der Waals surface area (Å²) in [5.41, 5.74) is 1.28. The smallest absolute Gasteiger partial charge is 0.335 e. The van der Waals surface area contributed by atoms with E-state index < -0.39 is 5.97 Å². The quantitative estimate of drug-likeness (QED) is 0.683. The fourth-order valence-corrected chi connectivity index (χ4v) is 3.02. The van der Waals surface area contributed by atoms with Gasteiger partial charge in [-0.25, -0.2) is 4.79 Å². The van der Waals surface area contributed by atoms with E-state index in [9.17, 15) is 14.7 Å². The fourth-order valence-electron chi connectivity index (χ4n) is 3.02. The molecule has 2 aromatic rings. The molecular weight excluding hydrogens is 362 g/mol. The number of hydrogen-bond acceptors (Lipinski definition) is 5. The minimum Gasteiger partial charge on any atom is -0.496 e. The van der Waals surface area contributed by atoms with Crippen molar-refractivity contribution in [1.29, 1.82) is 0 Å². The molecule has 0 radical (unpaired) electrons. The molecular formula is C21H25NO6. The average molecular weight is 387 g/mol. The second kappa shape index (κ2) is 9.64. The van der Waals surface area contributed by atoms with E-state index in [1.54, 1.807) is 7.11 Å². The summed E-state index contributed by atoms with van der Waals surface area (Å²) in [6.07, 6.45) is 0.924. The van der Waals surface area contributed by atoms with E-state index in [4.69, 9.17) is 14.2 Å². The first-order valence-corrected chi connectivity index (χ1v) is 8.80. The average Bonchev–Trinajstić information content (AvgIpc) is 2.67. The van der Waals surface area contributed by atoms with E-state index in [1.165, 1.54) is 26.4 Å². The number of anilines is 1. The molecule has 28 heavy (non-hydrogen) atoms. The van der Waals surface area contributed by atoms with Crippen molar-refractivity contribution in [3.8, 4) is 17.2 Å². The Hall–Kier alpha value is -3.22. The Morgan fingerprint density at radius 3 is 2.32 bits per heavy atom. The summed E-state index contributed by atoms with van der Waals surface area (Å²) >= 11 is 0. The third-order valence-electron chi connectivity index (χ3n) is 4.29. The first-order chi connectivity index (χ1) is 13.4. The van der Waals surface area contributed by atoms with Crippen LogP contribution in [-0.2, 0) is 11.2 Å². The number of ether oxygens (including phenoxy) is 3. The van der Waals surface area contributed by atoms with Gasteiger partial charge in [0.25, 0.3) is 0 Å². The van der Waals surface area contributed by atoms with Crippen molar-refractivity contribution < 1.29 is 28.9 Å². The summed E-state index contributed by atoms with van der Waals surface area (Å²) in [5, 5.41) is 12.0. The molecule has 1 amide bonds. The maximum atomic E-state index is 12.5. The lowest BCUT2D eigenvalue weighted by molar-refractivity contribution is -0.117. The van der Waals surface area contributed by atoms with Crippen molar-refractivity contribution in [3.63, 3.8) is 0 Å². The summed E-state index contributed by atoms with van der Waals surface area (Å²) in [6, 6.07) is 10.4. The summed E-state index contributed by atoms with van der Waals surface area (Å²) < 4.78 is 15.8. The predicted octanol–water partition coefficient (Wildman–Crippen LogP) is 3.62. The van der Waals surface area contributed by atoms with Gasteiger partial charge in [0.05, 0.1) is 32.6 Å². The van der Waals surface area contributed by atoms with E-state index >= 15 is 0 Å². The van der Waals surface area contributed by atoms with Crippen LogP contribution in [0.3, 0.4) is 0 Å². The zero-order valence-corrected chi connectivity index (χ0v) is 16.4. The van der Waals surface area contributed by atoms with Crippen LogP contribution in [-0.4, -0.2) is 38.3 Å². The molecule has 0 aliphatic rings. The van der Waals surface area contributed by atoms with Crippen LogP contribution in [0.1, 0.15) is 29.3 Å². The molecule has 0 saturated heterocycles. The molecule has 0 bridgehead atoms. The number of aromatic carboxylic acids is 1. The molecule has 0 saturated carbocycles. The second-order valence-electron chi connectivity index (χ2n) is 6.44. The highest BCUT2D eigenvalue weighted by atomic mass is 16.5. The van der Waals surface area contributed by atoms with E-state index in [2.05, 4.69) is 5.32 Å². The maximum absolute atomic E-state index is 12.5. The number of amides is 1. The molecule has 7 nitrogen and oxygen atoms in total. The minimum absolute atomic E-state index is 0.00461. The van der Waals surface area contributed by atoms with Crippen molar-refractivity contribution in [2.24, 2.45) is 5.92 Å². The highest BCUT2D eigenvalue weighted by Gasteiger charge is 2.19. The Labute approximate surface area is 164 Å². The van der Waals surface area contributed by atoms with Crippen molar-refractivity contribution in [1.82, 2.24) is 0 Å². The van der Waals surface area contributed by atoms with Gasteiger partial charge in [0, 0.05) is 6.42 Å². The number of carbonyl (C=O) groups excluding carboxylic acids is 1. The van der Waals surface area contributed by atoms with Gasteiger partial charge in [-0.3, -0.25) is 4.79 Å². The normalized spacial score (nSPS) is 11.4. The van der Waals surface area contributed by atoms with Gasteiger partial charge in [0.15, 0.2) is 11.5 Å². The molecule has 1 atom stereocenters. The van der Waals surface area contributed by atoms with Gasteiger partial charge >= 0.3 is 5.97 Å². The molecule has 150 valence electrons. The lowest BCUT2D eigenvalue weighted by Crippen LogP contribution is -2.17. The van der Waals surface area contributed by atoms with Crippen LogP contribution in [0, 0.1) is 5.92 Å². The Morgan fingerprint density at radius 2 is 1.71 bits per heavy atom. The van der Waals surface area contributed by atoms with Crippen molar-refractivity contribution in [2.75, 3.05) is 26.6 Å². The van der Waals surface area contributed by atoms with Gasteiger partial charge < -0.3 is 24.6 Å². The third-order valence-corrected chi connectivity index (χ3v) is 4.29. The molecule has 0 fully saturated rings. The van der Waals surface area contributed by atoms with Gasteiger partial charge in [-0.2, -0.15) is 0 Å².